The second-order valence-electron chi connectivity index (χ2n) is 8.69. The molecule has 0 aliphatic carbocycles. The van der Waals surface area contributed by atoms with Gasteiger partial charge in [-0.15, -0.1) is 0 Å². The predicted molar refractivity (Wildman–Crippen MR) is 133 cm³/mol. The van der Waals surface area contributed by atoms with Crippen LogP contribution in [0.15, 0.2) is 42.5 Å². The van der Waals surface area contributed by atoms with E-state index in [-0.39, 0.29) is 13.2 Å². The SMILES string of the molecule is Cc1nc2cc(Cl)ccc2c2c1nc(-c1ccccc1OCCO)n2CCC1CCNCC1. The molecule has 0 spiro atoms. The van der Waals surface area contributed by atoms with Gasteiger partial charge in [-0.2, -0.15) is 0 Å². The third-order valence-corrected chi connectivity index (χ3v) is 6.74. The molecule has 0 amide bonds. The van der Waals surface area contributed by atoms with Crippen LogP contribution in [0, 0.1) is 12.8 Å². The van der Waals surface area contributed by atoms with Gasteiger partial charge in [-0.05, 0) is 75.5 Å². The summed E-state index contributed by atoms with van der Waals surface area (Å²) in [4.78, 5) is 9.90. The molecule has 3 heterocycles. The molecule has 172 valence electrons. The second kappa shape index (κ2) is 9.67. The first-order chi connectivity index (χ1) is 16.2. The molecule has 0 atom stereocenters. The molecule has 1 aliphatic heterocycles. The summed E-state index contributed by atoms with van der Waals surface area (Å²) in [6, 6.07) is 13.8. The Balaban J connectivity index is 1.69. The minimum absolute atomic E-state index is 0.0328. The van der Waals surface area contributed by atoms with E-state index in [1.54, 1.807) is 0 Å². The van der Waals surface area contributed by atoms with Crippen LogP contribution < -0.4 is 10.1 Å². The van der Waals surface area contributed by atoms with Crippen molar-refractivity contribution >= 4 is 33.5 Å². The molecule has 1 saturated heterocycles. The van der Waals surface area contributed by atoms with E-state index in [1.165, 1.54) is 12.8 Å². The highest BCUT2D eigenvalue weighted by Crippen LogP contribution is 2.36. The quantitative estimate of drug-likeness (QED) is 0.404. The smallest absolute Gasteiger partial charge is 0.144 e. The van der Waals surface area contributed by atoms with Gasteiger partial charge in [-0.3, -0.25) is 4.98 Å². The van der Waals surface area contributed by atoms with Crippen LogP contribution in [-0.2, 0) is 6.54 Å². The Kier molecular flexibility index (Phi) is 6.49. The fourth-order valence-corrected chi connectivity index (χ4v) is 5.01. The number of pyridine rings is 1. The summed E-state index contributed by atoms with van der Waals surface area (Å²) in [5.41, 5.74) is 4.69. The van der Waals surface area contributed by atoms with Crippen LogP contribution in [0.1, 0.15) is 25.0 Å². The average Bonchev–Trinajstić information content (AvgIpc) is 3.22. The van der Waals surface area contributed by atoms with Crippen molar-refractivity contribution in [2.45, 2.75) is 32.7 Å². The summed E-state index contributed by atoms with van der Waals surface area (Å²) in [7, 11) is 0. The molecule has 2 aromatic heterocycles. The van der Waals surface area contributed by atoms with Gasteiger partial charge < -0.3 is 19.7 Å². The first kappa shape index (κ1) is 22.1. The van der Waals surface area contributed by atoms with Crippen molar-refractivity contribution in [2.24, 2.45) is 5.92 Å². The number of benzene rings is 2. The molecular weight excluding hydrogens is 436 g/mol. The van der Waals surface area contributed by atoms with Crippen molar-refractivity contribution in [1.82, 2.24) is 19.9 Å². The Morgan fingerprint density at radius 3 is 2.79 bits per heavy atom. The molecule has 0 bridgehead atoms. The first-order valence-electron chi connectivity index (χ1n) is 11.7. The van der Waals surface area contributed by atoms with E-state index in [2.05, 4.69) is 9.88 Å². The van der Waals surface area contributed by atoms with Gasteiger partial charge in [0.05, 0.1) is 28.9 Å². The maximum atomic E-state index is 9.29. The van der Waals surface area contributed by atoms with Crippen molar-refractivity contribution in [2.75, 3.05) is 26.3 Å². The maximum Gasteiger partial charge on any atom is 0.144 e. The number of para-hydroxylation sites is 1. The third-order valence-electron chi connectivity index (χ3n) is 6.51. The molecule has 2 aromatic carbocycles. The van der Waals surface area contributed by atoms with Crippen molar-refractivity contribution < 1.29 is 9.84 Å². The number of rotatable bonds is 7. The van der Waals surface area contributed by atoms with Gasteiger partial charge in [-0.1, -0.05) is 23.7 Å². The highest BCUT2D eigenvalue weighted by atomic mass is 35.5. The highest BCUT2D eigenvalue weighted by molar-refractivity contribution is 6.31. The van der Waals surface area contributed by atoms with Gasteiger partial charge >= 0.3 is 0 Å². The topological polar surface area (TPSA) is 72.2 Å². The Bertz CT molecular complexity index is 1280. The molecule has 1 fully saturated rings. The summed E-state index contributed by atoms with van der Waals surface area (Å²) >= 11 is 6.29. The van der Waals surface area contributed by atoms with Gasteiger partial charge in [-0.25, -0.2) is 4.98 Å². The summed E-state index contributed by atoms with van der Waals surface area (Å²) < 4.78 is 8.21. The first-order valence-corrected chi connectivity index (χ1v) is 12.0. The van der Waals surface area contributed by atoms with Crippen LogP contribution >= 0.6 is 11.6 Å². The number of nitrogens with zero attached hydrogens (tertiary/aromatic N) is 3. The third kappa shape index (κ3) is 4.43. The largest absolute Gasteiger partial charge is 0.490 e. The number of halogens is 1. The Morgan fingerprint density at radius 2 is 1.97 bits per heavy atom. The fraction of sp³-hybridized carbons (Fsp3) is 0.385. The predicted octanol–water partition coefficient (Wildman–Crippen LogP) is 4.97. The molecule has 2 N–H and O–H groups in total. The lowest BCUT2D eigenvalue weighted by atomic mass is 9.94. The average molecular weight is 465 g/mol. The number of hydrogen-bond acceptors (Lipinski definition) is 5. The Labute approximate surface area is 198 Å². The number of hydrogen-bond donors (Lipinski definition) is 2. The van der Waals surface area contributed by atoms with Crippen LogP contribution in [0.3, 0.4) is 0 Å². The van der Waals surface area contributed by atoms with Crippen LogP contribution in [0.4, 0.5) is 0 Å². The Hall–Kier alpha value is -2.67. The fourth-order valence-electron chi connectivity index (χ4n) is 4.85. The highest BCUT2D eigenvalue weighted by Gasteiger charge is 2.22. The summed E-state index contributed by atoms with van der Waals surface area (Å²) in [6.45, 7) is 5.26. The molecule has 0 saturated carbocycles. The van der Waals surface area contributed by atoms with Crippen molar-refractivity contribution in [3.05, 3.63) is 53.2 Å². The zero-order chi connectivity index (χ0) is 22.8. The molecule has 5 rings (SSSR count). The Morgan fingerprint density at radius 1 is 1.15 bits per heavy atom. The van der Waals surface area contributed by atoms with E-state index in [0.29, 0.717) is 10.9 Å². The number of fused-ring (bicyclic) bond motifs is 3. The minimum Gasteiger partial charge on any atom is -0.490 e. The zero-order valence-corrected chi connectivity index (χ0v) is 19.6. The number of aromatic nitrogens is 3. The molecule has 0 radical (unpaired) electrons. The minimum atomic E-state index is -0.0328. The van der Waals surface area contributed by atoms with Crippen molar-refractivity contribution in [3.63, 3.8) is 0 Å². The van der Waals surface area contributed by atoms with Gasteiger partial charge in [0.15, 0.2) is 0 Å². The van der Waals surface area contributed by atoms with Crippen molar-refractivity contribution in [1.29, 1.82) is 0 Å². The summed E-state index contributed by atoms with van der Waals surface area (Å²) in [6.07, 6.45) is 3.50. The number of nitrogens with one attached hydrogen (secondary N) is 1. The van der Waals surface area contributed by atoms with Gasteiger partial charge in [0.2, 0.25) is 0 Å². The molecule has 6 nitrogen and oxygen atoms in total. The number of aliphatic hydroxyl groups excluding tert-OH is 1. The summed E-state index contributed by atoms with van der Waals surface area (Å²) in [5.74, 6) is 2.30. The van der Waals surface area contributed by atoms with Crippen LogP contribution in [-0.4, -0.2) is 45.9 Å². The number of piperidine rings is 1. The van der Waals surface area contributed by atoms with Crippen LogP contribution in [0.2, 0.25) is 5.02 Å². The molecule has 4 aromatic rings. The van der Waals surface area contributed by atoms with Gasteiger partial charge in [0.1, 0.15) is 23.7 Å². The van der Waals surface area contributed by atoms with Gasteiger partial charge in [0, 0.05) is 17.0 Å². The lowest BCUT2D eigenvalue weighted by Gasteiger charge is -2.23. The van der Waals surface area contributed by atoms with E-state index in [4.69, 9.17) is 26.3 Å². The number of imidazole rings is 1. The van der Waals surface area contributed by atoms with E-state index in [9.17, 15) is 5.11 Å². The van der Waals surface area contributed by atoms with Crippen LogP contribution in [0.25, 0.3) is 33.3 Å². The molecule has 33 heavy (non-hydrogen) atoms. The van der Waals surface area contributed by atoms with Gasteiger partial charge in [0.25, 0.3) is 0 Å². The lowest BCUT2D eigenvalue weighted by Crippen LogP contribution is -2.28. The number of ether oxygens (including phenoxy) is 1. The summed E-state index contributed by atoms with van der Waals surface area (Å²) in [5, 5.41) is 14.5. The number of aliphatic hydroxyl groups is 1. The van der Waals surface area contributed by atoms with Crippen LogP contribution in [0.5, 0.6) is 5.75 Å². The number of aryl methyl sites for hydroxylation is 2. The standard InChI is InChI=1S/C26H29ClN4O2/c1-17-24-25(20-7-6-19(27)16-22(20)29-17)31(13-10-18-8-11-28-12-9-18)26(30-24)21-4-2-3-5-23(21)33-15-14-32/h2-7,16,18,28,32H,8-15H2,1H3. The van der Waals surface area contributed by atoms with E-state index in [1.807, 2.05) is 49.4 Å². The van der Waals surface area contributed by atoms with E-state index >= 15 is 0 Å². The van der Waals surface area contributed by atoms with Crippen molar-refractivity contribution in [3.8, 4) is 17.1 Å². The molecule has 0 unspecified atom stereocenters. The zero-order valence-electron chi connectivity index (χ0n) is 18.9. The normalized spacial score (nSPS) is 14.9. The molecule has 7 heteroatoms. The molecule has 1 aliphatic rings. The van der Waals surface area contributed by atoms with E-state index < -0.39 is 0 Å². The maximum absolute atomic E-state index is 9.29. The molecular formula is C26H29ClN4O2. The lowest BCUT2D eigenvalue weighted by molar-refractivity contribution is 0.202. The second-order valence-corrected chi connectivity index (χ2v) is 9.13. The van der Waals surface area contributed by atoms with E-state index in [0.717, 1.165) is 70.8 Å². The monoisotopic (exact) mass is 464 g/mol.